The number of halogens is 2. The Morgan fingerprint density at radius 2 is 2.29 bits per heavy atom. The standard InChI is InChI=1S/C10H10BrClO2/c1-6(4-10(13)14)8-3-2-7(12)5-9(8)11/h2-3,5-6H,4H2,1H3,(H,13,14). The third-order valence-corrected chi connectivity index (χ3v) is 2.90. The van der Waals surface area contributed by atoms with E-state index in [2.05, 4.69) is 15.9 Å². The van der Waals surface area contributed by atoms with Gasteiger partial charge in [-0.15, -0.1) is 0 Å². The van der Waals surface area contributed by atoms with Gasteiger partial charge in [0.25, 0.3) is 0 Å². The minimum atomic E-state index is -0.792. The van der Waals surface area contributed by atoms with Crippen LogP contribution < -0.4 is 0 Å². The van der Waals surface area contributed by atoms with E-state index < -0.39 is 5.97 Å². The second kappa shape index (κ2) is 4.80. The van der Waals surface area contributed by atoms with Crippen molar-refractivity contribution < 1.29 is 9.90 Å². The first kappa shape index (κ1) is 11.5. The lowest BCUT2D eigenvalue weighted by molar-refractivity contribution is -0.137. The van der Waals surface area contributed by atoms with Gasteiger partial charge >= 0.3 is 5.97 Å². The SMILES string of the molecule is CC(CC(=O)O)c1ccc(Cl)cc1Br. The van der Waals surface area contributed by atoms with E-state index in [-0.39, 0.29) is 12.3 Å². The molecule has 2 nitrogen and oxygen atoms in total. The molecule has 4 heteroatoms. The lowest BCUT2D eigenvalue weighted by Gasteiger charge is -2.11. The van der Waals surface area contributed by atoms with Crippen molar-refractivity contribution in [2.24, 2.45) is 0 Å². The van der Waals surface area contributed by atoms with E-state index >= 15 is 0 Å². The van der Waals surface area contributed by atoms with Crippen molar-refractivity contribution >= 4 is 33.5 Å². The Hall–Kier alpha value is -0.540. The number of hydrogen-bond acceptors (Lipinski definition) is 1. The summed E-state index contributed by atoms with van der Waals surface area (Å²) in [5, 5.41) is 9.29. The molecule has 0 spiro atoms. The average Bonchev–Trinajstić information content (AvgIpc) is 2.01. The minimum Gasteiger partial charge on any atom is -0.481 e. The van der Waals surface area contributed by atoms with Crippen LogP contribution in [-0.4, -0.2) is 11.1 Å². The number of carbonyl (C=O) groups is 1. The van der Waals surface area contributed by atoms with E-state index in [0.717, 1.165) is 10.0 Å². The van der Waals surface area contributed by atoms with Crippen LogP contribution in [-0.2, 0) is 4.79 Å². The highest BCUT2D eigenvalue weighted by Gasteiger charge is 2.12. The van der Waals surface area contributed by atoms with Gasteiger partial charge in [0.05, 0.1) is 6.42 Å². The number of hydrogen-bond donors (Lipinski definition) is 1. The van der Waals surface area contributed by atoms with Crippen LogP contribution >= 0.6 is 27.5 Å². The highest BCUT2D eigenvalue weighted by atomic mass is 79.9. The topological polar surface area (TPSA) is 37.3 Å². The van der Waals surface area contributed by atoms with Crippen molar-refractivity contribution in [2.45, 2.75) is 19.3 Å². The molecule has 1 rings (SSSR count). The Morgan fingerprint density at radius 3 is 2.79 bits per heavy atom. The fraction of sp³-hybridized carbons (Fsp3) is 0.300. The van der Waals surface area contributed by atoms with Crippen LogP contribution in [0.4, 0.5) is 0 Å². The number of carboxylic acid groups (broad SMARTS) is 1. The smallest absolute Gasteiger partial charge is 0.303 e. The molecule has 0 saturated heterocycles. The first-order valence-electron chi connectivity index (χ1n) is 4.17. The number of benzene rings is 1. The molecule has 1 atom stereocenters. The summed E-state index contributed by atoms with van der Waals surface area (Å²) in [6.45, 7) is 1.88. The highest BCUT2D eigenvalue weighted by molar-refractivity contribution is 9.10. The molecule has 0 radical (unpaired) electrons. The Kier molecular flexibility index (Phi) is 3.96. The molecule has 1 aromatic carbocycles. The predicted octanol–water partition coefficient (Wildman–Crippen LogP) is 3.68. The Bertz CT molecular complexity index is 352. The van der Waals surface area contributed by atoms with Crippen molar-refractivity contribution in [2.75, 3.05) is 0 Å². The van der Waals surface area contributed by atoms with Gasteiger partial charge in [0.1, 0.15) is 0 Å². The van der Waals surface area contributed by atoms with E-state index in [1.54, 1.807) is 12.1 Å². The maximum Gasteiger partial charge on any atom is 0.303 e. The van der Waals surface area contributed by atoms with Crippen molar-refractivity contribution in [3.05, 3.63) is 33.3 Å². The van der Waals surface area contributed by atoms with Gasteiger partial charge in [0.2, 0.25) is 0 Å². The van der Waals surface area contributed by atoms with E-state index in [9.17, 15) is 4.79 Å². The fourth-order valence-corrected chi connectivity index (χ4v) is 2.35. The Labute approximate surface area is 96.0 Å². The van der Waals surface area contributed by atoms with Crippen LogP contribution in [0.25, 0.3) is 0 Å². The van der Waals surface area contributed by atoms with Crippen LogP contribution in [0.1, 0.15) is 24.8 Å². The maximum atomic E-state index is 10.5. The predicted molar refractivity (Wildman–Crippen MR) is 59.8 cm³/mol. The van der Waals surface area contributed by atoms with Crippen LogP contribution in [0, 0.1) is 0 Å². The molecule has 1 unspecified atom stereocenters. The second-order valence-electron chi connectivity index (χ2n) is 3.16. The molecule has 14 heavy (non-hydrogen) atoms. The Balaban J connectivity index is 2.90. The van der Waals surface area contributed by atoms with Crippen molar-refractivity contribution in [1.82, 2.24) is 0 Å². The Morgan fingerprint density at radius 1 is 1.64 bits per heavy atom. The van der Waals surface area contributed by atoms with Gasteiger partial charge < -0.3 is 5.11 Å². The second-order valence-corrected chi connectivity index (χ2v) is 4.46. The number of aliphatic carboxylic acids is 1. The van der Waals surface area contributed by atoms with Crippen molar-refractivity contribution in [3.63, 3.8) is 0 Å². The van der Waals surface area contributed by atoms with Gasteiger partial charge in [-0.2, -0.15) is 0 Å². The zero-order valence-corrected chi connectivity index (χ0v) is 9.97. The molecule has 1 aromatic rings. The van der Waals surface area contributed by atoms with Crippen molar-refractivity contribution in [1.29, 1.82) is 0 Å². The first-order valence-corrected chi connectivity index (χ1v) is 5.34. The van der Waals surface area contributed by atoms with E-state index in [0.29, 0.717) is 5.02 Å². The summed E-state index contributed by atoms with van der Waals surface area (Å²) in [7, 11) is 0. The zero-order chi connectivity index (χ0) is 10.7. The summed E-state index contributed by atoms with van der Waals surface area (Å²) in [6.07, 6.45) is 0.125. The summed E-state index contributed by atoms with van der Waals surface area (Å²) in [5.41, 5.74) is 0.969. The summed E-state index contributed by atoms with van der Waals surface area (Å²) in [4.78, 5) is 10.5. The van der Waals surface area contributed by atoms with Crippen LogP contribution in [0.15, 0.2) is 22.7 Å². The molecule has 0 amide bonds. The van der Waals surface area contributed by atoms with Crippen LogP contribution in [0.5, 0.6) is 0 Å². The minimum absolute atomic E-state index is 0.0147. The molecule has 0 heterocycles. The molecule has 0 saturated carbocycles. The van der Waals surface area contributed by atoms with Gasteiger partial charge in [-0.1, -0.05) is 40.5 Å². The molecular formula is C10H10BrClO2. The third-order valence-electron chi connectivity index (χ3n) is 1.97. The molecule has 0 aromatic heterocycles. The van der Waals surface area contributed by atoms with Crippen molar-refractivity contribution in [3.8, 4) is 0 Å². The van der Waals surface area contributed by atoms with E-state index in [1.807, 2.05) is 13.0 Å². The normalized spacial score (nSPS) is 12.5. The maximum absolute atomic E-state index is 10.5. The van der Waals surface area contributed by atoms with Gasteiger partial charge in [-0.05, 0) is 23.6 Å². The monoisotopic (exact) mass is 276 g/mol. The van der Waals surface area contributed by atoms with E-state index in [4.69, 9.17) is 16.7 Å². The summed E-state index contributed by atoms with van der Waals surface area (Å²) in [6, 6.07) is 5.38. The molecule has 0 fully saturated rings. The molecule has 0 aliphatic heterocycles. The molecule has 1 N–H and O–H groups in total. The molecule has 0 bridgehead atoms. The number of carboxylic acids is 1. The molecular weight excluding hydrogens is 267 g/mol. The molecule has 0 aliphatic carbocycles. The summed E-state index contributed by atoms with van der Waals surface area (Å²) >= 11 is 9.14. The zero-order valence-electron chi connectivity index (χ0n) is 7.63. The highest BCUT2D eigenvalue weighted by Crippen LogP contribution is 2.29. The first-order chi connectivity index (χ1) is 6.50. The van der Waals surface area contributed by atoms with Gasteiger partial charge in [0, 0.05) is 9.50 Å². The van der Waals surface area contributed by atoms with Crippen LogP contribution in [0.3, 0.4) is 0 Å². The summed E-state index contributed by atoms with van der Waals surface area (Å²) < 4.78 is 0.860. The molecule has 76 valence electrons. The third kappa shape index (κ3) is 3.00. The van der Waals surface area contributed by atoms with Gasteiger partial charge in [-0.25, -0.2) is 0 Å². The quantitative estimate of drug-likeness (QED) is 0.915. The number of rotatable bonds is 3. The van der Waals surface area contributed by atoms with Gasteiger partial charge in [-0.3, -0.25) is 4.79 Å². The average molecular weight is 278 g/mol. The fourth-order valence-electron chi connectivity index (χ4n) is 1.27. The summed E-state index contributed by atoms with van der Waals surface area (Å²) in [5.74, 6) is -0.807. The van der Waals surface area contributed by atoms with Gasteiger partial charge in [0.15, 0.2) is 0 Å². The lowest BCUT2D eigenvalue weighted by atomic mass is 9.98. The molecule has 0 aliphatic rings. The largest absolute Gasteiger partial charge is 0.481 e. The van der Waals surface area contributed by atoms with Crippen LogP contribution in [0.2, 0.25) is 5.02 Å². The van der Waals surface area contributed by atoms with E-state index in [1.165, 1.54) is 0 Å². The lowest BCUT2D eigenvalue weighted by Crippen LogP contribution is -2.03.